The Morgan fingerprint density at radius 3 is 2.75 bits per heavy atom. The molecular weight excluding hydrogens is 252 g/mol. The van der Waals surface area contributed by atoms with E-state index in [2.05, 4.69) is 10.3 Å². The molecule has 106 valence electrons. The fourth-order valence-electron chi connectivity index (χ4n) is 1.88. The maximum atomic E-state index is 9.19. The van der Waals surface area contributed by atoms with E-state index in [1.807, 2.05) is 36.4 Å². The van der Waals surface area contributed by atoms with Crippen LogP contribution in [0.2, 0.25) is 0 Å². The fourth-order valence-corrected chi connectivity index (χ4v) is 1.88. The molecule has 0 saturated carbocycles. The van der Waals surface area contributed by atoms with Gasteiger partial charge in [-0.15, -0.1) is 0 Å². The van der Waals surface area contributed by atoms with Crippen LogP contribution in [0.3, 0.4) is 0 Å². The molecule has 1 aromatic heterocycles. The molecular formula is C16H20N2O2. The zero-order valence-electron chi connectivity index (χ0n) is 11.5. The third-order valence-corrected chi connectivity index (χ3v) is 2.97. The topological polar surface area (TPSA) is 54.4 Å². The first kappa shape index (κ1) is 14.3. The van der Waals surface area contributed by atoms with Gasteiger partial charge in [0.2, 0.25) is 0 Å². The lowest BCUT2D eigenvalue weighted by Gasteiger charge is -2.10. The van der Waals surface area contributed by atoms with Gasteiger partial charge < -0.3 is 15.2 Å². The summed E-state index contributed by atoms with van der Waals surface area (Å²) in [7, 11) is 0. The Morgan fingerprint density at radius 1 is 1.10 bits per heavy atom. The van der Waals surface area contributed by atoms with E-state index in [0.29, 0.717) is 0 Å². The molecule has 1 aromatic carbocycles. The minimum Gasteiger partial charge on any atom is -0.494 e. The molecule has 0 amide bonds. The van der Waals surface area contributed by atoms with Crippen LogP contribution >= 0.6 is 0 Å². The highest BCUT2D eigenvalue weighted by Crippen LogP contribution is 2.13. The zero-order valence-corrected chi connectivity index (χ0v) is 11.5. The van der Waals surface area contributed by atoms with Gasteiger partial charge in [-0.3, -0.25) is 4.98 Å². The largest absolute Gasteiger partial charge is 0.494 e. The number of rotatable bonds is 8. The van der Waals surface area contributed by atoms with Crippen LogP contribution in [0.1, 0.15) is 18.4 Å². The summed E-state index contributed by atoms with van der Waals surface area (Å²) >= 11 is 0. The van der Waals surface area contributed by atoms with Crippen molar-refractivity contribution in [2.24, 2.45) is 0 Å². The summed E-state index contributed by atoms with van der Waals surface area (Å²) in [5.74, 6) is 0.914. The second-order valence-corrected chi connectivity index (χ2v) is 4.49. The average Bonchev–Trinajstić information content (AvgIpc) is 2.52. The van der Waals surface area contributed by atoms with Crippen molar-refractivity contribution < 1.29 is 9.84 Å². The third kappa shape index (κ3) is 4.55. The molecule has 4 nitrogen and oxygen atoms in total. The molecule has 1 heterocycles. The standard InChI is InChI=1S/C16H20N2O2/c19-13-14-12-17-10-8-16(14)18-9-4-5-11-20-15-6-2-1-3-7-15/h1-3,6-8,10,12,19H,4-5,9,11,13H2,(H,17,18). The van der Waals surface area contributed by atoms with Gasteiger partial charge >= 0.3 is 0 Å². The molecule has 0 aliphatic carbocycles. The number of hydrogen-bond acceptors (Lipinski definition) is 4. The van der Waals surface area contributed by atoms with Crippen molar-refractivity contribution in [2.45, 2.75) is 19.4 Å². The Hall–Kier alpha value is -2.07. The van der Waals surface area contributed by atoms with Crippen molar-refractivity contribution in [1.29, 1.82) is 0 Å². The summed E-state index contributed by atoms with van der Waals surface area (Å²) in [4.78, 5) is 3.99. The van der Waals surface area contributed by atoms with E-state index in [1.54, 1.807) is 12.4 Å². The van der Waals surface area contributed by atoms with E-state index in [4.69, 9.17) is 4.74 Å². The normalized spacial score (nSPS) is 10.2. The van der Waals surface area contributed by atoms with Crippen molar-refractivity contribution >= 4 is 5.69 Å². The summed E-state index contributed by atoms with van der Waals surface area (Å²) in [6.45, 7) is 1.58. The number of hydrogen-bond donors (Lipinski definition) is 2. The van der Waals surface area contributed by atoms with E-state index < -0.39 is 0 Å². The highest BCUT2D eigenvalue weighted by molar-refractivity contribution is 5.48. The lowest BCUT2D eigenvalue weighted by Crippen LogP contribution is -2.06. The maximum Gasteiger partial charge on any atom is 0.119 e. The number of aromatic nitrogens is 1. The molecule has 0 saturated heterocycles. The number of ether oxygens (including phenoxy) is 1. The molecule has 0 spiro atoms. The first-order chi connectivity index (χ1) is 9.90. The number of aliphatic hydroxyl groups is 1. The molecule has 2 rings (SSSR count). The van der Waals surface area contributed by atoms with Gasteiger partial charge in [-0.25, -0.2) is 0 Å². The second-order valence-electron chi connectivity index (χ2n) is 4.49. The number of pyridine rings is 1. The summed E-state index contributed by atoms with van der Waals surface area (Å²) in [6, 6.07) is 11.7. The van der Waals surface area contributed by atoms with Crippen LogP contribution in [0.4, 0.5) is 5.69 Å². The van der Waals surface area contributed by atoms with Crippen LogP contribution in [-0.2, 0) is 6.61 Å². The predicted molar refractivity (Wildman–Crippen MR) is 79.8 cm³/mol. The van der Waals surface area contributed by atoms with Gasteiger partial charge in [0.15, 0.2) is 0 Å². The van der Waals surface area contributed by atoms with Crippen LogP contribution in [0.5, 0.6) is 5.75 Å². The Bertz CT molecular complexity index is 503. The molecule has 4 heteroatoms. The lowest BCUT2D eigenvalue weighted by molar-refractivity contribution is 0.282. The van der Waals surface area contributed by atoms with E-state index >= 15 is 0 Å². The van der Waals surface area contributed by atoms with Crippen molar-refractivity contribution in [2.75, 3.05) is 18.5 Å². The molecule has 0 aliphatic rings. The zero-order chi connectivity index (χ0) is 14.0. The van der Waals surface area contributed by atoms with Crippen LogP contribution in [-0.4, -0.2) is 23.2 Å². The van der Waals surface area contributed by atoms with E-state index in [0.717, 1.165) is 43.0 Å². The Morgan fingerprint density at radius 2 is 1.95 bits per heavy atom. The Labute approximate surface area is 119 Å². The smallest absolute Gasteiger partial charge is 0.119 e. The van der Waals surface area contributed by atoms with Crippen LogP contribution in [0.25, 0.3) is 0 Å². The van der Waals surface area contributed by atoms with Crippen LogP contribution in [0, 0.1) is 0 Å². The van der Waals surface area contributed by atoms with Crippen molar-refractivity contribution in [3.8, 4) is 5.75 Å². The lowest BCUT2D eigenvalue weighted by atomic mass is 10.2. The van der Waals surface area contributed by atoms with Gasteiger partial charge in [0, 0.05) is 30.2 Å². The Kier molecular flexibility index (Phi) is 5.86. The summed E-state index contributed by atoms with van der Waals surface area (Å²) in [5, 5.41) is 12.5. The monoisotopic (exact) mass is 272 g/mol. The first-order valence-corrected chi connectivity index (χ1v) is 6.85. The van der Waals surface area contributed by atoms with Gasteiger partial charge in [0.25, 0.3) is 0 Å². The molecule has 0 radical (unpaired) electrons. The number of aliphatic hydroxyl groups excluding tert-OH is 1. The van der Waals surface area contributed by atoms with Crippen molar-refractivity contribution in [3.05, 3.63) is 54.4 Å². The van der Waals surface area contributed by atoms with Crippen molar-refractivity contribution in [1.82, 2.24) is 4.98 Å². The molecule has 0 aliphatic heterocycles. The quantitative estimate of drug-likeness (QED) is 0.726. The van der Waals surface area contributed by atoms with Gasteiger partial charge in [-0.2, -0.15) is 0 Å². The molecule has 0 bridgehead atoms. The summed E-state index contributed by atoms with van der Waals surface area (Å²) in [6.07, 6.45) is 5.41. The molecule has 2 aromatic rings. The average molecular weight is 272 g/mol. The number of nitrogens with one attached hydrogen (secondary N) is 1. The number of unbranched alkanes of at least 4 members (excludes halogenated alkanes) is 1. The van der Waals surface area contributed by atoms with Gasteiger partial charge in [-0.1, -0.05) is 18.2 Å². The summed E-state index contributed by atoms with van der Waals surface area (Å²) < 4.78 is 5.63. The highest BCUT2D eigenvalue weighted by atomic mass is 16.5. The molecule has 0 fully saturated rings. The Balaban J connectivity index is 1.62. The van der Waals surface area contributed by atoms with E-state index in [-0.39, 0.29) is 6.61 Å². The van der Waals surface area contributed by atoms with Gasteiger partial charge in [-0.05, 0) is 31.0 Å². The molecule has 2 N–H and O–H groups in total. The number of anilines is 1. The fraction of sp³-hybridized carbons (Fsp3) is 0.312. The van der Waals surface area contributed by atoms with Crippen molar-refractivity contribution in [3.63, 3.8) is 0 Å². The second kappa shape index (κ2) is 8.17. The summed E-state index contributed by atoms with van der Waals surface area (Å²) in [5.41, 5.74) is 1.78. The minimum atomic E-state index is 0.00723. The maximum absolute atomic E-state index is 9.19. The SMILES string of the molecule is OCc1cnccc1NCCCCOc1ccccc1. The number of nitrogens with zero attached hydrogens (tertiary/aromatic N) is 1. The molecule has 0 atom stereocenters. The third-order valence-electron chi connectivity index (χ3n) is 2.97. The predicted octanol–water partition coefficient (Wildman–Crippen LogP) is 2.85. The molecule has 0 unspecified atom stereocenters. The molecule has 20 heavy (non-hydrogen) atoms. The minimum absolute atomic E-state index is 0.00723. The van der Waals surface area contributed by atoms with Gasteiger partial charge in [0.1, 0.15) is 5.75 Å². The van der Waals surface area contributed by atoms with Crippen LogP contribution in [0.15, 0.2) is 48.8 Å². The first-order valence-electron chi connectivity index (χ1n) is 6.85. The van der Waals surface area contributed by atoms with Gasteiger partial charge in [0.05, 0.1) is 13.2 Å². The highest BCUT2D eigenvalue weighted by Gasteiger charge is 1.99. The van der Waals surface area contributed by atoms with Crippen LogP contribution < -0.4 is 10.1 Å². The number of benzene rings is 1. The van der Waals surface area contributed by atoms with E-state index in [1.165, 1.54) is 0 Å². The van der Waals surface area contributed by atoms with E-state index in [9.17, 15) is 5.11 Å². The number of para-hydroxylation sites is 1.